The molecular formula is C14H13N3O. The van der Waals surface area contributed by atoms with Gasteiger partial charge in [0.2, 0.25) is 0 Å². The Kier molecular flexibility index (Phi) is 2.48. The second-order valence-corrected chi connectivity index (χ2v) is 4.34. The van der Waals surface area contributed by atoms with Gasteiger partial charge in [0.05, 0.1) is 18.6 Å². The zero-order valence-corrected chi connectivity index (χ0v) is 10.1. The lowest BCUT2D eigenvalue weighted by atomic mass is 10.2. The van der Waals surface area contributed by atoms with E-state index >= 15 is 0 Å². The van der Waals surface area contributed by atoms with Crippen molar-refractivity contribution in [2.24, 2.45) is 7.05 Å². The third-order valence-corrected chi connectivity index (χ3v) is 3.20. The Labute approximate surface area is 104 Å². The number of carbonyl (C=O) groups is 1. The molecule has 0 aliphatic rings. The van der Waals surface area contributed by atoms with Gasteiger partial charge in [-0.15, -0.1) is 0 Å². The number of nitrogens with zero attached hydrogens (tertiary/aromatic N) is 3. The van der Waals surface area contributed by atoms with E-state index in [1.807, 2.05) is 48.3 Å². The molecule has 0 atom stereocenters. The van der Waals surface area contributed by atoms with E-state index in [2.05, 4.69) is 9.55 Å². The summed E-state index contributed by atoms with van der Waals surface area (Å²) in [6, 6.07) is 7.93. The van der Waals surface area contributed by atoms with E-state index in [4.69, 9.17) is 0 Å². The molecule has 0 saturated carbocycles. The minimum absolute atomic E-state index is 0.713. The number of carbonyl (C=O) groups excluding carboxylic acids is 1. The SMILES string of the molecule is Cn1cncc1Cn1cc(C=O)c2ccccc21. The third-order valence-electron chi connectivity index (χ3n) is 3.20. The summed E-state index contributed by atoms with van der Waals surface area (Å²) < 4.78 is 4.06. The van der Waals surface area contributed by atoms with Crippen molar-refractivity contribution in [2.75, 3.05) is 0 Å². The Morgan fingerprint density at radius 2 is 2.17 bits per heavy atom. The van der Waals surface area contributed by atoms with Gasteiger partial charge in [0.15, 0.2) is 6.29 Å². The summed E-state index contributed by atoms with van der Waals surface area (Å²) >= 11 is 0. The molecule has 4 nitrogen and oxygen atoms in total. The molecule has 3 rings (SSSR count). The predicted molar refractivity (Wildman–Crippen MR) is 69.6 cm³/mol. The van der Waals surface area contributed by atoms with Crippen molar-refractivity contribution in [1.82, 2.24) is 14.1 Å². The molecule has 0 bridgehead atoms. The van der Waals surface area contributed by atoms with Crippen molar-refractivity contribution in [3.05, 3.63) is 54.2 Å². The highest BCUT2D eigenvalue weighted by Gasteiger charge is 2.08. The fourth-order valence-corrected chi connectivity index (χ4v) is 2.21. The summed E-state index contributed by atoms with van der Waals surface area (Å²) in [7, 11) is 1.97. The first kappa shape index (κ1) is 10.8. The molecule has 0 fully saturated rings. The van der Waals surface area contributed by atoms with Gasteiger partial charge in [-0.2, -0.15) is 0 Å². The maximum atomic E-state index is 11.1. The monoisotopic (exact) mass is 239 g/mol. The van der Waals surface area contributed by atoms with E-state index in [1.54, 1.807) is 6.33 Å². The van der Waals surface area contributed by atoms with Gasteiger partial charge in [-0.1, -0.05) is 18.2 Å². The van der Waals surface area contributed by atoms with Gasteiger partial charge in [0, 0.05) is 35.9 Å². The molecule has 0 amide bonds. The average molecular weight is 239 g/mol. The maximum Gasteiger partial charge on any atom is 0.152 e. The summed E-state index contributed by atoms with van der Waals surface area (Å²) in [5.74, 6) is 0. The highest BCUT2D eigenvalue weighted by atomic mass is 16.1. The Morgan fingerprint density at radius 3 is 2.89 bits per heavy atom. The molecule has 0 aliphatic heterocycles. The Bertz CT molecular complexity index is 709. The van der Waals surface area contributed by atoms with E-state index in [0.717, 1.165) is 28.4 Å². The zero-order chi connectivity index (χ0) is 12.5. The van der Waals surface area contributed by atoms with Crippen LogP contribution in [-0.2, 0) is 13.6 Å². The van der Waals surface area contributed by atoms with E-state index in [9.17, 15) is 4.79 Å². The summed E-state index contributed by atoms with van der Waals surface area (Å²) in [5.41, 5.74) is 2.90. The molecule has 0 radical (unpaired) electrons. The Balaban J connectivity index is 2.12. The number of rotatable bonds is 3. The zero-order valence-electron chi connectivity index (χ0n) is 10.1. The number of aromatic nitrogens is 3. The molecule has 1 aromatic carbocycles. The van der Waals surface area contributed by atoms with Crippen molar-refractivity contribution in [3.8, 4) is 0 Å². The lowest BCUT2D eigenvalue weighted by molar-refractivity contribution is 0.112. The average Bonchev–Trinajstić information content (AvgIpc) is 2.95. The van der Waals surface area contributed by atoms with Gasteiger partial charge in [-0.25, -0.2) is 4.98 Å². The van der Waals surface area contributed by atoms with E-state index in [0.29, 0.717) is 6.54 Å². The molecule has 2 aromatic heterocycles. The third kappa shape index (κ3) is 1.62. The maximum absolute atomic E-state index is 11.1. The van der Waals surface area contributed by atoms with Gasteiger partial charge < -0.3 is 9.13 Å². The normalized spacial score (nSPS) is 10.9. The van der Waals surface area contributed by atoms with Crippen LogP contribution >= 0.6 is 0 Å². The number of fused-ring (bicyclic) bond motifs is 1. The minimum atomic E-state index is 0.713. The minimum Gasteiger partial charge on any atom is -0.341 e. The first-order valence-corrected chi connectivity index (χ1v) is 5.78. The van der Waals surface area contributed by atoms with Crippen LogP contribution in [0.25, 0.3) is 10.9 Å². The van der Waals surface area contributed by atoms with Gasteiger partial charge in [0.1, 0.15) is 0 Å². The molecule has 18 heavy (non-hydrogen) atoms. The van der Waals surface area contributed by atoms with Crippen LogP contribution in [0.1, 0.15) is 16.1 Å². The number of para-hydroxylation sites is 1. The Morgan fingerprint density at radius 1 is 1.33 bits per heavy atom. The summed E-state index contributed by atoms with van der Waals surface area (Å²) in [4.78, 5) is 15.2. The van der Waals surface area contributed by atoms with E-state index in [-0.39, 0.29) is 0 Å². The van der Waals surface area contributed by atoms with Crippen LogP contribution in [-0.4, -0.2) is 20.4 Å². The number of benzene rings is 1. The molecule has 90 valence electrons. The molecule has 3 aromatic rings. The quantitative estimate of drug-likeness (QED) is 0.657. The lowest BCUT2D eigenvalue weighted by Crippen LogP contribution is -2.02. The number of aryl methyl sites for hydroxylation is 1. The highest BCUT2D eigenvalue weighted by Crippen LogP contribution is 2.20. The van der Waals surface area contributed by atoms with Gasteiger partial charge >= 0.3 is 0 Å². The second kappa shape index (κ2) is 4.14. The standard InChI is InChI=1S/C14H13N3O/c1-16-10-15-6-12(16)8-17-7-11(9-18)13-4-2-3-5-14(13)17/h2-7,9-10H,8H2,1H3. The smallest absolute Gasteiger partial charge is 0.152 e. The summed E-state index contributed by atoms with van der Waals surface area (Å²) in [6.07, 6.45) is 6.42. The fourth-order valence-electron chi connectivity index (χ4n) is 2.21. The first-order valence-electron chi connectivity index (χ1n) is 5.78. The van der Waals surface area contributed by atoms with Crippen LogP contribution in [0.3, 0.4) is 0 Å². The van der Waals surface area contributed by atoms with Crippen molar-refractivity contribution < 1.29 is 4.79 Å². The Hall–Kier alpha value is -2.36. The number of hydrogen-bond acceptors (Lipinski definition) is 2. The summed E-state index contributed by atoms with van der Waals surface area (Å²) in [6.45, 7) is 0.713. The van der Waals surface area contributed by atoms with Crippen LogP contribution in [0.4, 0.5) is 0 Å². The van der Waals surface area contributed by atoms with Crippen molar-refractivity contribution >= 4 is 17.2 Å². The molecule has 0 saturated heterocycles. The topological polar surface area (TPSA) is 39.8 Å². The van der Waals surface area contributed by atoms with Crippen LogP contribution in [0.5, 0.6) is 0 Å². The number of aldehydes is 1. The van der Waals surface area contributed by atoms with Crippen LogP contribution < -0.4 is 0 Å². The molecule has 0 spiro atoms. The van der Waals surface area contributed by atoms with Crippen molar-refractivity contribution in [3.63, 3.8) is 0 Å². The first-order chi connectivity index (χ1) is 8.79. The van der Waals surface area contributed by atoms with Crippen LogP contribution in [0.2, 0.25) is 0 Å². The van der Waals surface area contributed by atoms with Gasteiger partial charge in [-0.3, -0.25) is 4.79 Å². The van der Waals surface area contributed by atoms with Gasteiger partial charge in [-0.05, 0) is 6.07 Å². The van der Waals surface area contributed by atoms with Crippen molar-refractivity contribution in [1.29, 1.82) is 0 Å². The predicted octanol–water partition coefficient (Wildman–Crippen LogP) is 2.24. The molecule has 0 N–H and O–H groups in total. The van der Waals surface area contributed by atoms with Crippen LogP contribution in [0.15, 0.2) is 43.0 Å². The van der Waals surface area contributed by atoms with E-state index < -0.39 is 0 Å². The van der Waals surface area contributed by atoms with E-state index in [1.165, 1.54) is 0 Å². The fraction of sp³-hybridized carbons (Fsp3) is 0.143. The molecule has 0 unspecified atom stereocenters. The van der Waals surface area contributed by atoms with Gasteiger partial charge in [0.25, 0.3) is 0 Å². The largest absolute Gasteiger partial charge is 0.341 e. The number of hydrogen-bond donors (Lipinski definition) is 0. The summed E-state index contributed by atoms with van der Waals surface area (Å²) in [5, 5.41) is 0.995. The molecule has 4 heteroatoms. The van der Waals surface area contributed by atoms with Crippen molar-refractivity contribution in [2.45, 2.75) is 6.54 Å². The molecular weight excluding hydrogens is 226 g/mol. The van der Waals surface area contributed by atoms with Crippen LogP contribution in [0, 0.1) is 0 Å². The number of imidazole rings is 1. The lowest BCUT2D eigenvalue weighted by Gasteiger charge is -2.05. The molecule has 0 aliphatic carbocycles. The second-order valence-electron chi connectivity index (χ2n) is 4.34. The molecule has 2 heterocycles. The highest BCUT2D eigenvalue weighted by molar-refractivity contribution is 5.97.